The van der Waals surface area contributed by atoms with Crippen LogP contribution in [0.3, 0.4) is 0 Å². The fraction of sp³-hybridized carbons (Fsp3) is 0.200. The van der Waals surface area contributed by atoms with Crippen LogP contribution < -0.4 is 0 Å². The number of rotatable bonds is 4. The minimum atomic E-state index is -0.353. The first-order valence-electron chi connectivity index (χ1n) is 8.08. The predicted molar refractivity (Wildman–Crippen MR) is 92.5 cm³/mol. The van der Waals surface area contributed by atoms with E-state index in [2.05, 4.69) is 12.2 Å². The van der Waals surface area contributed by atoms with Crippen LogP contribution >= 0.6 is 0 Å². The first-order valence-corrected chi connectivity index (χ1v) is 8.08. The number of benzene rings is 2. The van der Waals surface area contributed by atoms with Gasteiger partial charge in [0.05, 0.1) is 0 Å². The molecule has 0 aromatic heterocycles. The van der Waals surface area contributed by atoms with E-state index >= 15 is 0 Å². The topological polar surface area (TPSA) is 52.6 Å². The minimum absolute atomic E-state index is 0.253. The number of carbonyl (C=O) groups is 2. The zero-order valence-corrected chi connectivity index (χ0v) is 13.5. The molecule has 4 rings (SSSR count). The fourth-order valence-corrected chi connectivity index (χ4v) is 3.20. The molecule has 0 saturated carbocycles. The van der Waals surface area contributed by atoms with Gasteiger partial charge in [-0.2, -0.15) is 0 Å². The fourth-order valence-electron chi connectivity index (χ4n) is 3.20. The van der Waals surface area contributed by atoms with E-state index < -0.39 is 0 Å². The summed E-state index contributed by atoms with van der Waals surface area (Å²) in [5.41, 5.74) is 3.84. The Morgan fingerprint density at radius 1 is 0.750 bits per heavy atom. The van der Waals surface area contributed by atoms with Crippen LogP contribution in [0.5, 0.6) is 0 Å². The molecule has 0 heterocycles. The van der Waals surface area contributed by atoms with Gasteiger partial charge in [-0.05, 0) is 28.6 Å². The van der Waals surface area contributed by atoms with Gasteiger partial charge in [0.2, 0.25) is 0 Å². The van der Waals surface area contributed by atoms with Gasteiger partial charge in [-0.25, -0.2) is 0 Å². The Morgan fingerprint density at radius 2 is 1.21 bits per heavy atom. The molecular weight excluding hydrogens is 304 g/mol. The maximum absolute atomic E-state index is 11.9. The lowest BCUT2D eigenvalue weighted by Gasteiger charge is -2.09. The third kappa shape index (κ3) is 1.99. The van der Waals surface area contributed by atoms with Crippen LogP contribution in [0.2, 0.25) is 0 Å². The molecule has 2 aromatic carbocycles. The zero-order chi connectivity index (χ0) is 16.8. The van der Waals surface area contributed by atoms with Gasteiger partial charge < -0.3 is 9.47 Å². The molecule has 0 amide bonds. The van der Waals surface area contributed by atoms with E-state index in [9.17, 15) is 9.59 Å². The quantitative estimate of drug-likeness (QED) is 0.670. The molecule has 0 saturated heterocycles. The molecule has 2 aliphatic carbocycles. The Bertz CT molecular complexity index is 891. The van der Waals surface area contributed by atoms with Crippen molar-refractivity contribution in [3.63, 3.8) is 0 Å². The average Bonchev–Trinajstić information content (AvgIpc) is 3.14. The van der Waals surface area contributed by atoms with E-state index in [1.165, 1.54) is 0 Å². The second kappa shape index (κ2) is 5.34. The van der Waals surface area contributed by atoms with Crippen molar-refractivity contribution < 1.29 is 19.1 Å². The van der Waals surface area contributed by atoms with E-state index in [1.807, 2.05) is 24.3 Å². The molecule has 2 aromatic rings. The van der Waals surface area contributed by atoms with Gasteiger partial charge >= 0.3 is 11.9 Å². The highest BCUT2D eigenvalue weighted by Crippen LogP contribution is 2.47. The number of hydrogen-bond acceptors (Lipinski definition) is 4. The molecule has 4 nitrogen and oxygen atoms in total. The van der Waals surface area contributed by atoms with Crippen molar-refractivity contribution in [2.45, 2.75) is 26.7 Å². The monoisotopic (exact) mass is 320 g/mol. The molecule has 4 heteroatoms. The molecule has 0 aliphatic heterocycles. The van der Waals surface area contributed by atoms with E-state index in [0.29, 0.717) is 11.5 Å². The van der Waals surface area contributed by atoms with Crippen LogP contribution in [-0.4, -0.2) is 11.9 Å². The van der Waals surface area contributed by atoms with Crippen molar-refractivity contribution in [2.24, 2.45) is 0 Å². The first-order chi connectivity index (χ1) is 11.6. The summed E-state index contributed by atoms with van der Waals surface area (Å²) in [4.78, 5) is 23.8. The van der Waals surface area contributed by atoms with Crippen molar-refractivity contribution in [1.82, 2.24) is 0 Å². The summed E-state index contributed by atoms with van der Waals surface area (Å²) in [5.74, 6) is -0.0231. The average molecular weight is 320 g/mol. The van der Waals surface area contributed by atoms with Crippen molar-refractivity contribution >= 4 is 46.4 Å². The van der Waals surface area contributed by atoms with Crippen LogP contribution in [-0.2, 0) is 19.1 Å². The smallest absolute Gasteiger partial charge is 0.311 e. The lowest BCUT2D eigenvalue weighted by Crippen LogP contribution is -2.06. The van der Waals surface area contributed by atoms with Crippen molar-refractivity contribution in [1.29, 1.82) is 0 Å². The van der Waals surface area contributed by atoms with Crippen LogP contribution in [0.25, 0.3) is 34.4 Å². The molecule has 0 atom stereocenters. The molecule has 120 valence electrons. The van der Waals surface area contributed by atoms with Crippen LogP contribution in [0.1, 0.15) is 48.9 Å². The Hall–Kier alpha value is -2.88. The molecule has 0 spiro atoms. The Kier molecular flexibility index (Phi) is 3.27. The molecular formula is C20H16O4. The van der Waals surface area contributed by atoms with Gasteiger partial charge in [0.15, 0.2) is 11.5 Å². The highest BCUT2D eigenvalue weighted by Gasteiger charge is 2.32. The Balaban J connectivity index is 1.95. The molecule has 0 unspecified atom stereocenters. The summed E-state index contributed by atoms with van der Waals surface area (Å²) >= 11 is 0. The van der Waals surface area contributed by atoms with E-state index in [1.54, 1.807) is 13.8 Å². The van der Waals surface area contributed by atoms with E-state index in [4.69, 9.17) is 9.47 Å². The molecule has 24 heavy (non-hydrogen) atoms. The zero-order valence-electron chi connectivity index (χ0n) is 13.5. The molecule has 0 N–H and O–H groups in total. The summed E-state index contributed by atoms with van der Waals surface area (Å²) < 4.78 is 11.1. The third-order valence-corrected chi connectivity index (χ3v) is 4.37. The molecule has 0 fully saturated rings. The van der Waals surface area contributed by atoms with Gasteiger partial charge in [0.25, 0.3) is 0 Å². The van der Waals surface area contributed by atoms with Gasteiger partial charge in [0.1, 0.15) is 0 Å². The summed E-state index contributed by atoms with van der Waals surface area (Å²) in [5, 5.41) is 2.09. The second-order valence-corrected chi connectivity index (χ2v) is 5.80. The molecule has 2 aliphatic rings. The maximum Gasteiger partial charge on any atom is 0.311 e. The van der Waals surface area contributed by atoms with Gasteiger partial charge in [-0.1, -0.05) is 38.1 Å². The molecule has 0 radical (unpaired) electrons. The van der Waals surface area contributed by atoms with Crippen molar-refractivity contribution in [3.05, 3.63) is 46.5 Å². The summed E-state index contributed by atoms with van der Waals surface area (Å²) in [6.45, 7) is 3.47. The summed E-state index contributed by atoms with van der Waals surface area (Å²) in [6.07, 6.45) is 4.63. The van der Waals surface area contributed by atoms with Crippen molar-refractivity contribution in [3.8, 4) is 0 Å². The second-order valence-electron chi connectivity index (χ2n) is 5.80. The highest BCUT2D eigenvalue weighted by atomic mass is 16.6. The minimum Gasteiger partial charge on any atom is -0.422 e. The van der Waals surface area contributed by atoms with Crippen molar-refractivity contribution in [2.75, 3.05) is 0 Å². The van der Waals surface area contributed by atoms with E-state index in [0.717, 1.165) is 33.0 Å². The van der Waals surface area contributed by atoms with Gasteiger partial charge in [-0.15, -0.1) is 0 Å². The lowest BCUT2D eigenvalue weighted by atomic mass is 9.98. The Morgan fingerprint density at radius 3 is 1.62 bits per heavy atom. The number of esters is 2. The largest absolute Gasteiger partial charge is 0.422 e. The van der Waals surface area contributed by atoms with Crippen LogP contribution in [0, 0.1) is 0 Å². The lowest BCUT2D eigenvalue weighted by molar-refractivity contribution is -0.138. The summed E-state index contributed by atoms with van der Waals surface area (Å²) in [6, 6.07) is 7.84. The first kappa shape index (κ1) is 14.7. The third-order valence-electron chi connectivity index (χ3n) is 4.37. The number of carbonyl (C=O) groups excluding carboxylic acids is 2. The maximum atomic E-state index is 11.9. The molecule has 0 bridgehead atoms. The standard InChI is InChI=1S/C20H16O4/c1-3-15(21)23-19-13-9-7-11-5-6-12-8-10-14(18(13)17(11)12)20(19)24-16(22)4-2/h5-10H,3-4H2,1-2H3. The van der Waals surface area contributed by atoms with Crippen LogP contribution in [0.4, 0.5) is 0 Å². The van der Waals surface area contributed by atoms with Gasteiger partial charge in [0, 0.05) is 29.4 Å². The number of ether oxygens (including phenoxy) is 2. The van der Waals surface area contributed by atoms with E-state index in [-0.39, 0.29) is 24.8 Å². The SMILES string of the molecule is CCC(=O)OC1=C(OC(=O)CC)c2ccc3c4c(ccc1c24)C=C3. The van der Waals surface area contributed by atoms with Gasteiger partial charge in [-0.3, -0.25) is 9.59 Å². The highest BCUT2D eigenvalue weighted by molar-refractivity contribution is 6.18. The Labute approximate surface area is 139 Å². The normalized spacial score (nSPS) is 13.8. The number of hydrogen-bond donors (Lipinski definition) is 0. The summed E-state index contributed by atoms with van der Waals surface area (Å²) in [7, 11) is 0. The predicted octanol–water partition coefficient (Wildman–Crippen LogP) is 4.37. The van der Waals surface area contributed by atoms with Crippen LogP contribution in [0.15, 0.2) is 24.3 Å².